The van der Waals surface area contributed by atoms with E-state index >= 15 is 0 Å². The van der Waals surface area contributed by atoms with E-state index in [0.717, 1.165) is 12.0 Å². The molecule has 5 heteroatoms. The maximum atomic E-state index is 10.4. The second kappa shape index (κ2) is 8.54. The van der Waals surface area contributed by atoms with Crippen LogP contribution in [0.1, 0.15) is 30.1 Å². The Morgan fingerprint density at radius 2 is 1.96 bits per heavy atom. The van der Waals surface area contributed by atoms with E-state index in [0.29, 0.717) is 20.9 Å². The number of halogens is 1. The van der Waals surface area contributed by atoms with Crippen LogP contribution in [0.3, 0.4) is 0 Å². The Morgan fingerprint density at radius 1 is 1.22 bits per heavy atom. The number of hydrogen-bond donors (Lipinski definition) is 1. The lowest BCUT2D eigenvalue weighted by molar-refractivity contribution is 0.370. The third-order valence-electron chi connectivity index (χ3n) is 3.77. The van der Waals surface area contributed by atoms with Crippen molar-refractivity contribution in [3.63, 3.8) is 0 Å². The molecule has 2 rings (SSSR count). The molecular formula is C18H23ClNO2P. The molecule has 2 atom stereocenters. The monoisotopic (exact) mass is 351 g/mol. The summed E-state index contributed by atoms with van der Waals surface area (Å²) in [5.41, 5.74) is 2.43. The molecule has 2 unspecified atom stereocenters. The second-order valence-electron chi connectivity index (χ2n) is 5.42. The van der Waals surface area contributed by atoms with E-state index in [1.54, 1.807) is 17.6 Å². The lowest BCUT2D eigenvalue weighted by Gasteiger charge is -2.20. The molecule has 23 heavy (non-hydrogen) atoms. The highest BCUT2D eigenvalue weighted by atomic mass is 35.5. The molecule has 0 amide bonds. The van der Waals surface area contributed by atoms with Gasteiger partial charge in [-0.05, 0) is 35.1 Å². The van der Waals surface area contributed by atoms with E-state index in [9.17, 15) is 5.11 Å². The number of hydrogen-bond acceptors (Lipinski definition) is 3. The summed E-state index contributed by atoms with van der Waals surface area (Å²) in [7, 11) is 4.00. The fourth-order valence-electron chi connectivity index (χ4n) is 2.61. The highest BCUT2D eigenvalue weighted by Crippen LogP contribution is 2.44. The quantitative estimate of drug-likeness (QED) is 0.591. The molecule has 2 aromatic rings. The van der Waals surface area contributed by atoms with Crippen molar-refractivity contribution in [3.05, 3.63) is 53.6 Å². The van der Waals surface area contributed by atoms with Crippen molar-refractivity contribution in [2.75, 3.05) is 14.2 Å². The molecule has 0 aliphatic heterocycles. The maximum absolute atomic E-state index is 10.4. The van der Waals surface area contributed by atoms with Crippen LogP contribution >= 0.6 is 20.4 Å². The summed E-state index contributed by atoms with van der Waals surface area (Å²) in [4.78, 5) is 0. The summed E-state index contributed by atoms with van der Waals surface area (Å²) in [6.07, 6.45) is 0.949. The number of ether oxygens (including phenoxy) is 1. The molecule has 2 aromatic carbocycles. The third-order valence-corrected chi connectivity index (χ3v) is 5.76. The van der Waals surface area contributed by atoms with Crippen LogP contribution in [0.15, 0.2) is 42.5 Å². The van der Waals surface area contributed by atoms with Gasteiger partial charge in [0, 0.05) is 24.8 Å². The van der Waals surface area contributed by atoms with Crippen molar-refractivity contribution in [3.8, 4) is 11.5 Å². The molecule has 0 aromatic heterocycles. The van der Waals surface area contributed by atoms with Gasteiger partial charge < -0.3 is 9.84 Å². The summed E-state index contributed by atoms with van der Waals surface area (Å²) in [6, 6.07) is 14.0. The number of rotatable bonds is 7. The van der Waals surface area contributed by atoms with Gasteiger partial charge in [0.05, 0.1) is 7.11 Å². The van der Waals surface area contributed by atoms with Gasteiger partial charge in [-0.25, -0.2) is 4.42 Å². The summed E-state index contributed by atoms with van der Waals surface area (Å²) < 4.78 is 6.90. The summed E-state index contributed by atoms with van der Waals surface area (Å²) in [5.74, 6) is 0.779. The van der Waals surface area contributed by atoms with Gasteiger partial charge in [-0.15, -0.1) is 0 Å². The Hall–Kier alpha value is -1.28. The topological polar surface area (TPSA) is 32.7 Å². The zero-order valence-corrected chi connectivity index (χ0v) is 15.5. The van der Waals surface area contributed by atoms with Crippen molar-refractivity contribution in [2.45, 2.75) is 25.5 Å². The van der Waals surface area contributed by atoms with Gasteiger partial charge in [0.1, 0.15) is 0 Å². The molecule has 0 bridgehead atoms. The third kappa shape index (κ3) is 4.60. The van der Waals surface area contributed by atoms with Crippen LogP contribution in [0, 0.1) is 0 Å². The Morgan fingerprint density at radius 3 is 2.61 bits per heavy atom. The minimum atomic E-state index is 0.251. The van der Waals surface area contributed by atoms with E-state index in [4.69, 9.17) is 16.5 Å². The fourth-order valence-corrected chi connectivity index (χ4v) is 4.24. The second-order valence-corrected chi connectivity index (χ2v) is 7.52. The first-order chi connectivity index (χ1) is 11.1. The SMILES string of the molecule is CCC(Pc1ccccc1CN(C)Cl)c1cccc(OC)c1O. The molecule has 0 radical (unpaired) electrons. The molecule has 3 nitrogen and oxygen atoms in total. The number of nitrogens with zero attached hydrogens (tertiary/aromatic N) is 1. The van der Waals surface area contributed by atoms with Crippen LogP contribution in [-0.2, 0) is 6.54 Å². The van der Waals surface area contributed by atoms with Gasteiger partial charge in [0.2, 0.25) is 0 Å². The molecule has 0 fully saturated rings. The van der Waals surface area contributed by atoms with E-state index in [1.807, 2.05) is 25.2 Å². The van der Waals surface area contributed by atoms with Gasteiger partial charge in [-0.3, -0.25) is 0 Å². The zero-order chi connectivity index (χ0) is 16.8. The van der Waals surface area contributed by atoms with Gasteiger partial charge in [-0.2, -0.15) is 0 Å². The van der Waals surface area contributed by atoms with Crippen LogP contribution in [-0.4, -0.2) is 23.7 Å². The van der Waals surface area contributed by atoms with E-state index in [1.165, 1.54) is 10.9 Å². The van der Waals surface area contributed by atoms with Crippen LogP contribution < -0.4 is 10.0 Å². The Bertz CT molecular complexity index is 649. The average molecular weight is 352 g/mol. The Labute approximate surface area is 145 Å². The maximum Gasteiger partial charge on any atom is 0.161 e. The van der Waals surface area contributed by atoms with E-state index < -0.39 is 0 Å². The molecular weight excluding hydrogens is 329 g/mol. The number of para-hydroxylation sites is 1. The smallest absolute Gasteiger partial charge is 0.161 e. The molecule has 124 valence electrons. The number of aromatic hydroxyl groups is 1. The normalized spacial score (nSPS) is 12.9. The average Bonchev–Trinajstić information content (AvgIpc) is 2.54. The lowest BCUT2D eigenvalue weighted by Crippen LogP contribution is -2.13. The van der Waals surface area contributed by atoms with Crippen LogP contribution in [0.25, 0.3) is 0 Å². The number of benzene rings is 2. The molecule has 0 aliphatic carbocycles. The standard InChI is InChI=1S/C18H23ClNO2P/c1-4-16(14-9-7-10-15(22-3)18(14)21)23-17-11-6-5-8-13(17)12-20(2)19/h5-11,16,21,23H,4,12H2,1-3H3. The molecule has 0 saturated carbocycles. The molecule has 0 heterocycles. The van der Waals surface area contributed by atoms with Gasteiger partial charge in [-0.1, -0.05) is 51.9 Å². The van der Waals surface area contributed by atoms with Crippen molar-refractivity contribution < 1.29 is 9.84 Å². The highest BCUT2D eigenvalue weighted by molar-refractivity contribution is 7.47. The first-order valence-electron chi connectivity index (χ1n) is 7.64. The minimum absolute atomic E-state index is 0.251. The lowest BCUT2D eigenvalue weighted by atomic mass is 10.1. The van der Waals surface area contributed by atoms with Gasteiger partial charge in [0.15, 0.2) is 11.5 Å². The minimum Gasteiger partial charge on any atom is -0.504 e. The predicted molar refractivity (Wildman–Crippen MR) is 99.4 cm³/mol. The largest absolute Gasteiger partial charge is 0.504 e. The zero-order valence-electron chi connectivity index (χ0n) is 13.7. The molecule has 0 aliphatic rings. The fraction of sp³-hybridized carbons (Fsp3) is 0.333. The first-order valence-corrected chi connectivity index (χ1v) is 9.05. The Balaban J connectivity index is 2.30. The predicted octanol–water partition coefficient (Wildman–Crippen LogP) is 4.44. The first kappa shape index (κ1) is 18.1. The molecule has 1 N–H and O–H groups in total. The summed E-state index contributed by atoms with van der Waals surface area (Å²) >= 11 is 6.02. The van der Waals surface area contributed by atoms with Gasteiger partial charge in [0.25, 0.3) is 0 Å². The van der Waals surface area contributed by atoms with Crippen LogP contribution in [0.2, 0.25) is 0 Å². The number of phenolic OH excluding ortho intramolecular Hbond substituents is 1. The number of methoxy groups -OCH3 is 1. The summed E-state index contributed by atoms with van der Waals surface area (Å²) in [5, 5.41) is 11.7. The highest BCUT2D eigenvalue weighted by Gasteiger charge is 2.18. The summed E-state index contributed by atoms with van der Waals surface area (Å²) in [6.45, 7) is 2.85. The van der Waals surface area contributed by atoms with Crippen molar-refractivity contribution >= 4 is 25.7 Å². The number of phenols is 1. The van der Waals surface area contributed by atoms with Gasteiger partial charge >= 0.3 is 0 Å². The van der Waals surface area contributed by atoms with Crippen molar-refractivity contribution in [1.29, 1.82) is 0 Å². The van der Waals surface area contributed by atoms with E-state index in [2.05, 4.69) is 25.1 Å². The van der Waals surface area contributed by atoms with Crippen molar-refractivity contribution in [1.82, 2.24) is 4.42 Å². The Kier molecular flexibility index (Phi) is 6.71. The van der Waals surface area contributed by atoms with Crippen LogP contribution in [0.5, 0.6) is 11.5 Å². The molecule has 0 spiro atoms. The van der Waals surface area contributed by atoms with E-state index in [-0.39, 0.29) is 11.4 Å². The van der Waals surface area contributed by atoms with Crippen LogP contribution in [0.4, 0.5) is 0 Å². The van der Waals surface area contributed by atoms with Crippen molar-refractivity contribution in [2.24, 2.45) is 0 Å². The molecule has 0 saturated heterocycles.